The molecule has 1 aromatic heterocycles. The van der Waals surface area contributed by atoms with Gasteiger partial charge in [0.2, 0.25) is 11.9 Å². The molecule has 7 heteroatoms. The topological polar surface area (TPSA) is 65.4 Å². The number of nitrogens with one attached hydrogen (secondary N) is 2. The first-order valence-electron chi connectivity index (χ1n) is 8.73. The van der Waals surface area contributed by atoms with Gasteiger partial charge < -0.3 is 10.2 Å². The Labute approximate surface area is 149 Å². The van der Waals surface area contributed by atoms with Crippen LogP contribution in [-0.2, 0) is 0 Å². The van der Waals surface area contributed by atoms with Gasteiger partial charge in [0.15, 0.2) is 5.11 Å². The molecule has 0 radical (unpaired) electrons. The molecule has 24 heavy (non-hydrogen) atoms. The molecule has 0 spiro atoms. The van der Waals surface area contributed by atoms with Crippen LogP contribution in [0.3, 0.4) is 0 Å². The molecule has 3 rings (SSSR count). The van der Waals surface area contributed by atoms with Crippen molar-refractivity contribution in [3.8, 4) is 0 Å². The number of likely N-dealkylation sites (tertiary alicyclic amines) is 1. The predicted octanol–water partition coefficient (Wildman–Crippen LogP) is 2.63. The van der Waals surface area contributed by atoms with Gasteiger partial charge in [-0.05, 0) is 63.7 Å². The maximum atomic E-state index is 5.41. The normalized spacial score (nSPS) is 21.5. The molecule has 1 aliphatic carbocycles. The molecule has 0 amide bonds. The number of nitrogens with zero attached hydrogens (tertiary/aromatic N) is 4. The Balaban J connectivity index is 1.79. The number of aryl methyl sites for hydroxylation is 2. The van der Waals surface area contributed by atoms with Gasteiger partial charge >= 0.3 is 0 Å². The lowest BCUT2D eigenvalue weighted by Gasteiger charge is -2.33. The van der Waals surface area contributed by atoms with E-state index in [2.05, 4.69) is 37.4 Å². The summed E-state index contributed by atoms with van der Waals surface area (Å²) >= 11 is 5.41. The maximum absolute atomic E-state index is 5.41. The summed E-state index contributed by atoms with van der Waals surface area (Å²) in [5, 5.41) is 7.13. The van der Waals surface area contributed by atoms with Crippen molar-refractivity contribution in [1.29, 1.82) is 0 Å². The number of aromatic nitrogens is 2. The summed E-state index contributed by atoms with van der Waals surface area (Å²) in [7, 11) is 0. The monoisotopic (exact) mass is 346 g/mol. The Morgan fingerprint density at radius 3 is 2.58 bits per heavy atom. The Morgan fingerprint density at radius 2 is 1.96 bits per heavy atom. The Kier molecular flexibility index (Phi) is 5.28. The number of rotatable bonds is 2. The molecule has 1 aliphatic heterocycles. The first kappa shape index (κ1) is 17.1. The quantitative estimate of drug-likeness (QED) is 0.487. The van der Waals surface area contributed by atoms with E-state index in [1.54, 1.807) is 0 Å². The average Bonchev–Trinajstić information content (AvgIpc) is 3.29. The minimum Gasteiger partial charge on any atom is -0.358 e. The number of thiocarbonyl (C=S) groups is 1. The lowest BCUT2D eigenvalue weighted by atomic mass is 10.0. The molecule has 0 aromatic carbocycles. The van der Waals surface area contributed by atoms with E-state index in [1.165, 1.54) is 25.7 Å². The number of anilines is 1. The smallest absolute Gasteiger partial charge is 0.229 e. The SMILES string of the molecule is Cc1cc(C)nc(N/C(=N/C(=S)NC2CC2)N2CCCC(C)C2)n1. The highest BCUT2D eigenvalue weighted by molar-refractivity contribution is 7.80. The van der Waals surface area contributed by atoms with Crippen LogP contribution in [-0.4, -0.2) is 45.1 Å². The molecular weight excluding hydrogens is 320 g/mol. The summed E-state index contributed by atoms with van der Waals surface area (Å²) in [6.07, 6.45) is 4.78. The fraction of sp³-hybridized carbons (Fsp3) is 0.647. The minimum absolute atomic E-state index is 0.500. The number of piperidine rings is 1. The van der Waals surface area contributed by atoms with Crippen LogP contribution in [0.2, 0.25) is 0 Å². The highest BCUT2D eigenvalue weighted by atomic mass is 32.1. The van der Waals surface area contributed by atoms with E-state index in [0.29, 0.717) is 23.0 Å². The second kappa shape index (κ2) is 7.42. The molecule has 2 aliphatic rings. The van der Waals surface area contributed by atoms with Crippen molar-refractivity contribution in [2.24, 2.45) is 10.9 Å². The van der Waals surface area contributed by atoms with E-state index in [1.807, 2.05) is 19.9 Å². The van der Waals surface area contributed by atoms with Crippen LogP contribution < -0.4 is 10.6 Å². The van der Waals surface area contributed by atoms with Gasteiger partial charge in [-0.15, -0.1) is 0 Å². The van der Waals surface area contributed by atoms with Crippen molar-refractivity contribution >= 4 is 29.2 Å². The fourth-order valence-electron chi connectivity index (χ4n) is 2.97. The Bertz CT molecular complexity index is 620. The molecule has 0 bridgehead atoms. The maximum Gasteiger partial charge on any atom is 0.229 e. The third-order valence-electron chi connectivity index (χ3n) is 4.27. The zero-order chi connectivity index (χ0) is 17.1. The number of guanidine groups is 1. The van der Waals surface area contributed by atoms with Crippen LogP contribution in [0.15, 0.2) is 11.1 Å². The average molecular weight is 347 g/mol. The zero-order valence-electron chi connectivity index (χ0n) is 14.7. The van der Waals surface area contributed by atoms with Gasteiger partial charge in [0.25, 0.3) is 0 Å². The number of hydrogen-bond acceptors (Lipinski definition) is 3. The van der Waals surface area contributed by atoms with E-state index in [4.69, 9.17) is 12.2 Å². The highest BCUT2D eigenvalue weighted by Crippen LogP contribution is 2.19. The summed E-state index contributed by atoms with van der Waals surface area (Å²) in [4.78, 5) is 15.9. The Hall–Kier alpha value is -1.76. The molecule has 2 N–H and O–H groups in total. The summed E-state index contributed by atoms with van der Waals surface area (Å²) < 4.78 is 0. The third-order valence-corrected chi connectivity index (χ3v) is 4.48. The van der Waals surface area contributed by atoms with E-state index >= 15 is 0 Å². The van der Waals surface area contributed by atoms with Crippen molar-refractivity contribution in [3.05, 3.63) is 17.5 Å². The second-order valence-electron chi connectivity index (χ2n) is 6.95. The lowest BCUT2D eigenvalue weighted by molar-refractivity contribution is 0.273. The molecule has 6 nitrogen and oxygen atoms in total. The van der Waals surface area contributed by atoms with Crippen molar-refractivity contribution in [3.63, 3.8) is 0 Å². The van der Waals surface area contributed by atoms with Crippen molar-refractivity contribution in [1.82, 2.24) is 20.2 Å². The van der Waals surface area contributed by atoms with Gasteiger partial charge in [0.1, 0.15) is 0 Å². The number of aliphatic imine (C=N–C) groups is 1. The molecule has 1 saturated heterocycles. The first-order valence-corrected chi connectivity index (χ1v) is 9.14. The molecule has 130 valence electrons. The summed E-state index contributed by atoms with van der Waals surface area (Å²) in [5.74, 6) is 1.99. The second-order valence-corrected chi connectivity index (χ2v) is 7.34. The van der Waals surface area contributed by atoms with Crippen LogP contribution in [0.4, 0.5) is 5.95 Å². The predicted molar refractivity (Wildman–Crippen MR) is 101 cm³/mol. The third kappa shape index (κ3) is 4.87. The van der Waals surface area contributed by atoms with Crippen LogP contribution in [0.5, 0.6) is 0 Å². The van der Waals surface area contributed by atoms with Crippen LogP contribution in [0, 0.1) is 19.8 Å². The van der Waals surface area contributed by atoms with Crippen LogP contribution >= 0.6 is 12.2 Å². The molecule has 1 saturated carbocycles. The highest BCUT2D eigenvalue weighted by Gasteiger charge is 2.24. The zero-order valence-corrected chi connectivity index (χ0v) is 15.5. The minimum atomic E-state index is 0.500. The fourth-order valence-corrected chi connectivity index (χ4v) is 3.23. The number of hydrogen-bond donors (Lipinski definition) is 2. The van der Waals surface area contributed by atoms with Gasteiger partial charge in [0, 0.05) is 30.5 Å². The van der Waals surface area contributed by atoms with E-state index < -0.39 is 0 Å². The van der Waals surface area contributed by atoms with Gasteiger partial charge in [-0.25, -0.2) is 9.97 Å². The summed E-state index contributed by atoms with van der Waals surface area (Å²) in [6.45, 7) is 8.17. The van der Waals surface area contributed by atoms with Gasteiger partial charge in [0.05, 0.1) is 0 Å². The molecule has 1 atom stereocenters. The first-order chi connectivity index (χ1) is 11.5. The van der Waals surface area contributed by atoms with Gasteiger partial charge in [-0.1, -0.05) is 6.92 Å². The molecule has 2 fully saturated rings. The summed E-state index contributed by atoms with van der Waals surface area (Å²) in [5.41, 5.74) is 1.88. The summed E-state index contributed by atoms with van der Waals surface area (Å²) in [6, 6.07) is 2.46. The van der Waals surface area contributed by atoms with Gasteiger partial charge in [-0.2, -0.15) is 4.99 Å². The molecule has 1 aromatic rings. The van der Waals surface area contributed by atoms with Crippen molar-refractivity contribution in [2.45, 2.75) is 52.5 Å². The van der Waals surface area contributed by atoms with E-state index in [-0.39, 0.29) is 0 Å². The Morgan fingerprint density at radius 1 is 1.25 bits per heavy atom. The standard InChI is InChI=1S/C17H26N6S/c1-11-5-4-8-23(10-11)16(22-17(24)20-14-6-7-14)21-15-18-12(2)9-13(3)19-15/h9,11,14H,4-8,10H2,1-3H3,(H2,18,19,20,21,22,24). The molecule has 2 heterocycles. The van der Waals surface area contributed by atoms with Crippen LogP contribution in [0.25, 0.3) is 0 Å². The van der Waals surface area contributed by atoms with Crippen molar-refractivity contribution in [2.75, 3.05) is 18.4 Å². The molecular formula is C17H26N6S. The van der Waals surface area contributed by atoms with Crippen LogP contribution in [0.1, 0.15) is 44.0 Å². The molecule has 1 unspecified atom stereocenters. The largest absolute Gasteiger partial charge is 0.358 e. The van der Waals surface area contributed by atoms with Gasteiger partial charge in [-0.3, -0.25) is 5.32 Å². The van der Waals surface area contributed by atoms with E-state index in [0.717, 1.165) is 30.4 Å². The lowest BCUT2D eigenvalue weighted by Crippen LogP contribution is -2.44. The van der Waals surface area contributed by atoms with E-state index in [9.17, 15) is 0 Å². The van der Waals surface area contributed by atoms with Crippen molar-refractivity contribution < 1.29 is 0 Å².